The molecule has 0 aromatic heterocycles. The fourth-order valence-corrected chi connectivity index (χ4v) is 2.89. The molecule has 0 radical (unpaired) electrons. The van der Waals surface area contributed by atoms with Crippen molar-refractivity contribution in [3.63, 3.8) is 0 Å². The standard InChI is InChI=1S/C15H22BrN3O/c1-3-19(4-2)9-5-8-17-14-12-7-6-11(16)10-13(12)18-15(14)20/h6-7,10,14,17H,3-5,8-9H2,1-2H3,(H,18,20). The zero-order valence-electron chi connectivity index (χ0n) is 12.1. The number of nitrogens with one attached hydrogen (secondary N) is 2. The number of amides is 1. The highest BCUT2D eigenvalue weighted by Gasteiger charge is 2.29. The molecular weight excluding hydrogens is 318 g/mol. The van der Waals surface area contributed by atoms with Gasteiger partial charge in [0.2, 0.25) is 5.91 Å². The van der Waals surface area contributed by atoms with Crippen LogP contribution in [0.1, 0.15) is 31.9 Å². The number of rotatable bonds is 7. The molecular formula is C15H22BrN3O. The van der Waals surface area contributed by atoms with Crippen LogP contribution in [0.5, 0.6) is 0 Å². The van der Waals surface area contributed by atoms with Gasteiger partial charge in [-0.3, -0.25) is 4.79 Å². The van der Waals surface area contributed by atoms with Gasteiger partial charge in [0.05, 0.1) is 0 Å². The zero-order chi connectivity index (χ0) is 14.5. The van der Waals surface area contributed by atoms with Gasteiger partial charge in [-0.25, -0.2) is 0 Å². The summed E-state index contributed by atoms with van der Waals surface area (Å²) >= 11 is 3.42. The molecule has 20 heavy (non-hydrogen) atoms. The summed E-state index contributed by atoms with van der Waals surface area (Å²) in [7, 11) is 0. The van der Waals surface area contributed by atoms with E-state index in [1.165, 1.54) is 0 Å². The molecule has 0 saturated carbocycles. The van der Waals surface area contributed by atoms with E-state index in [2.05, 4.69) is 45.3 Å². The summed E-state index contributed by atoms with van der Waals surface area (Å²) in [5.41, 5.74) is 1.95. The normalized spacial score (nSPS) is 17.4. The molecule has 0 fully saturated rings. The highest BCUT2D eigenvalue weighted by Crippen LogP contribution is 2.32. The summed E-state index contributed by atoms with van der Waals surface area (Å²) in [4.78, 5) is 14.4. The van der Waals surface area contributed by atoms with Gasteiger partial charge in [0.15, 0.2) is 0 Å². The minimum absolute atomic E-state index is 0.0425. The molecule has 1 amide bonds. The van der Waals surface area contributed by atoms with E-state index in [1.807, 2.05) is 18.2 Å². The first-order chi connectivity index (χ1) is 9.65. The number of halogens is 1. The molecule has 0 spiro atoms. The number of anilines is 1. The first-order valence-corrected chi connectivity index (χ1v) is 8.01. The van der Waals surface area contributed by atoms with Gasteiger partial charge >= 0.3 is 0 Å². The van der Waals surface area contributed by atoms with Gasteiger partial charge in [0.25, 0.3) is 0 Å². The van der Waals surface area contributed by atoms with E-state index in [0.29, 0.717) is 0 Å². The molecule has 1 aliphatic heterocycles. The van der Waals surface area contributed by atoms with Crippen molar-refractivity contribution in [2.24, 2.45) is 0 Å². The summed E-state index contributed by atoms with van der Waals surface area (Å²) in [6.45, 7) is 8.44. The second kappa shape index (κ2) is 7.20. The molecule has 0 aliphatic carbocycles. The van der Waals surface area contributed by atoms with Crippen molar-refractivity contribution in [3.8, 4) is 0 Å². The van der Waals surface area contributed by atoms with E-state index in [9.17, 15) is 4.79 Å². The van der Waals surface area contributed by atoms with Gasteiger partial charge < -0.3 is 15.5 Å². The van der Waals surface area contributed by atoms with Crippen molar-refractivity contribution in [1.82, 2.24) is 10.2 Å². The van der Waals surface area contributed by atoms with E-state index >= 15 is 0 Å². The lowest BCUT2D eigenvalue weighted by molar-refractivity contribution is -0.117. The third-order valence-electron chi connectivity index (χ3n) is 3.74. The van der Waals surface area contributed by atoms with E-state index in [0.717, 1.165) is 48.3 Å². The van der Waals surface area contributed by atoms with Crippen molar-refractivity contribution in [1.29, 1.82) is 0 Å². The molecule has 4 nitrogen and oxygen atoms in total. The maximum Gasteiger partial charge on any atom is 0.246 e. The number of fused-ring (bicyclic) bond motifs is 1. The average Bonchev–Trinajstić information content (AvgIpc) is 2.74. The van der Waals surface area contributed by atoms with Crippen molar-refractivity contribution in [2.45, 2.75) is 26.3 Å². The molecule has 0 bridgehead atoms. The minimum atomic E-state index is -0.213. The number of hydrogen-bond donors (Lipinski definition) is 2. The van der Waals surface area contributed by atoms with Crippen LogP contribution >= 0.6 is 15.9 Å². The second-order valence-corrected chi connectivity index (χ2v) is 5.90. The lowest BCUT2D eigenvalue weighted by Gasteiger charge is -2.18. The Kier molecular flexibility index (Phi) is 5.57. The van der Waals surface area contributed by atoms with Crippen molar-refractivity contribution in [2.75, 3.05) is 31.5 Å². The summed E-state index contributed by atoms with van der Waals surface area (Å²) in [6, 6.07) is 5.71. The molecule has 1 atom stereocenters. The number of carbonyl (C=O) groups excluding carboxylic acids is 1. The van der Waals surface area contributed by atoms with Crippen LogP contribution in [-0.2, 0) is 4.79 Å². The Bertz CT molecular complexity index is 474. The fourth-order valence-electron chi connectivity index (χ4n) is 2.53. The summed E-state index contributed by atoms with van der Waals surface area (Å²) in [6.07, 6.45) is 1.05. The number of carbonyl (C=O) groups is 1. The van der Waals surface area contributed by atoms with Crippen molar-refractivity contribution in [3.05, 3.63) is 28.2 Å². The van der Waals surface area contributed by atoms with E-state index in [4.69, 9.17) is 0 Å². The van der Waals surface area contributed by atoms with Crippen LogP contribution in [0.15, 0.2) is 22.7 Å². The van der Waals surface area contributed by atoms with E-state index in [1.54, 1.807) is 0 Å². The molecule has 1 heterocycles. The van der Waals surface area contributed by atoms with Crippen LogP contribution in [0.3, 0.4) is 0 Å². The molecule has 1 unspecified atom stereocenters. The molecule has 5 heteroatoms. The van der Waals surface area contributed by atoms with Gasteiger partial charge in [-0.1, -0.05) is 35.8 Å². The molecule has 1 aromatic rings. The Labute approximate surface area is 129 Å². The van der Waals surface area contributed by atoms with Gasteiger partial charge in [0.1, 0.15) is 6.04 Å². The topological polar surface area (TPSA) is 44.4 Å². The van der Waals surface area contributed by atoms with Crippen molar-refractivity contribution >= 4 is 27.5 Å². The van der Waals surface area contributed by atoms with Crippen LogP contribution in [0.25, 0.3) is 0 Å². The van der Waals surface area contributed by atoms with Crippen LogP contribution in [-0.4, -0.2) is 37.0 Å². The zero-order valence-corrected chi connectivity index (χ0v) is 13.7. The average molecular weight is 340 g/mol. The molecule has 1 aliphatic rings. The summed E-state index contributed by atoms with van der Waals surface area (Å²) in [5, 5.41) is 6.28. The predicted molar refractivity (Wildman–Crippen MR) is 85.9 cm³/mol. The first-order valence-electron chi connectivity index (χ1n) is 7.21. The third kappa shape index (κ3) is 3.59. The number of benzene rings is 1. The second-order valence-electron chi connectivity index (χ2n) is 4.99. The Balaban J connectivity index is 1.87. The summed E-state index contributed by atoms with van der Waals surface area (Å²) < 4.78 is 0.985. The maximum absolute atomic E-state index is 12.0. The SMILES string of the molecule is CCN(CC)CCCNC1C(=O)Nc2cc(Br)ccc21. The lowest BCUT2D eigenvalue weighted by atomic mass is 10.1. The van der Waals surface area contributed by atoms with Crippen LogP contribution < -0.4 is 10.6 Å². The monoisotopic (exact) mass is 339 g/mol. The molecule has 2 N–H and O–H groups in total. The smallest absolute Gasteiger partial charge is 0.246 e. The highest BCUT2D eigenvalue weighted by molar-refractivity contribution is 9.10. The maximum atomic E-state index is 12.0. The number of nitrogens with zero attached hydrogens (tertiary/aromatic N) is 1. The Morgan fingerprint density at radius 2 is 2.10 bits per heavy atom. The molecule has 110 valence electrons. The first kappa shape index (κ1) is 15.5. The van der Waals surface area contributed by atoms with E-state index in [-0.39, 0.29) is 11.9 Å². The summed E-state index contributed by atoms with van der Waals surface area (Å²) in [5.74, 6) is 0.0425. The lowest BCUT2D eigenvalue weighted by Crippen LogP contribution is -2.31. The van der Waals surface area contributed by atoms with Gasteiger partial charge in [-0.05, 0) is 44.7 Å². The quantitative estimate of drug-likeness (QED) is 0.751. The van der Waals surface area contributed by atoms with Crippen LogP contribution in [0.4, 0.5) is 5.69 Å². The third-order valence-corrected chi connectivity index (χ3v) is 4.23. The Morgan fingerprint density at radius 1 is 1.35 bits per heavy atom. The Morgan fingerprint density at radius 3 is 2.80 bits per heavy atom. The van der Waals surface area contributed by atoms with Crippen LogP contribution in [0.2, 0.25) is 0 Å². The fraction of sp³-hybridized carbons (Fsp3) is 0.533. The van der Waals surface area contributed by atoms with Crippen molar-refractivity contribution < 1.29 is 4.79 Å². The molecule has 0 saturated heterocycles. The predicted octanol–water partition coefficient (Wildman–Crippen LogP) is 2.76. The minimum Gasteiger partial charge on any atom is -0.324 e. The molecule has 1 aromatic carbocycles. The van der Waals surface area contributed by atoms with E-state index < -0.39 is 0 Å². The van der Waals surface area contributed by atoms with Gasteiger partial charge in [-0.15, -0.1) is 0 Å². The van der Waals surface area contributed by atoms with Gasteiger partial charge in [-0.2, -0.15) is 0 Å². The number of hydrogen-bond acceptors (Lipinski definition) is 3. The largest absolute Gasteiger partial charge is 0.324 e. The Hall–Kier alpha value is -0.910. The van der Waals surface area contributed by atoms with Gasteiger partial charge in [0, 0.05) is 15.7 Å². The highest BCUT2D eigenvalue weighted by atomic mass is 79.9. The molecule has 2 rings (SSSR count). The van der Waals surface area contributed by atoms with Crippen LogP contribution in [0, 0.1) is 0 Å².